The van der Waals surface area contributed by atoms with E-state index in [0.29, 0.717) is 19.2 Å². The lowest BCUT2D eigenvalue weighted by molar-refractivity contribution is 0.104. The summed E-state index contributed by atoms with van der Waals surface area (Å²) in [5.41, 5.74) is 2.65. The Balaban J connectivity index is 1.59. The molecule has 2 aromatic rings. The van der Waals surface area contributed by atoms with Gasteiger partial charge in [0.25, 0.3) is 0 Å². The minimum absolute atomic E-state index is 0.306. The third-order valence-electron chi connectivity index (χ3n) is 4.15. The molecule has 26 heavy (non-hydrogen) atoms. The Morgan fingerprint density at radius 3 is 2.12 bits per heavy atom. The molecule has 2 aromatic carbocycles. The zero-order chi connectivity index (χ0) is 18.6. The zero-order valence-electron chi connectivity index (χ0n) is 15.9. The van der Waals surface area contributed by atoms with Crippen LogP contribution in [0.3, 0.4) is 0 Å². The van der Waals surface area contributed by atoms with Crippen LogP contribution in [0.5, 0.6) is 5.75 Å². The fraction of sp³-hybridized carbons (Fsp3) is 0.455. The van der Waals surface area contributed by atoms with Crippen molar-refractivity contribution >= 4 is 0 Å². The van der Waals surface area contributed by atoms with Crippen molar-refractivity contribution in [2.24, 2.45) is 0 Å². The highest BCUT2D eigenvalue weighted by Crippen LogP contribution is 2.12. The van der Waals surface area contributed by atoms with E-state index >= 15 is 0 Å². The number of benzene rings is 2. The molecule has 1 unspecified atom stereocenters. The molecular weight excluding hydrogens is 324 g/mol. The van der Waals surface area contributed by atoms with Crippen molar-refractivity contribution in [3.05, 3.63) is 65.7 Å². The van der Waals surface area contributed by atoms with Crippen LogP contribution in [-0.4, -0.2) is 43.5 Å². The van der Waals surface area contributed by atoms with Crippen LogP contribution in [0.1, 0.15) is 25.0 Å². The molecule has 2 rings (SSSR count). The second kappa shape index (κ2) is 11.7. The summed E-state index contributed by atoms with van der Waals surface area (Å²) in [4.78, 5) is 0. The van der Waals surface area contributed by atoms with Crippen LogP contribution in [0, 0.1) is 0 Å². The number of aliphatic hydroxyl groups is 1. The summed E-state index contributed by atoms with van der Waals surface area (Å²) < 4.78 is 5.64. The average Bonchev–Trinajstić information content (AvgIpc) is 2.66. The van der Waals surface area contributed by atoms with Gasteiger partial charge in [-0.1, -0.05) is 56.3 Å². The third-order valence-corrected chi connectivity index (χ3v) is 4.15. The van der Waals surface area contributed by atoms with Gasteiger partial charge >= 0.3 is 0 Å². The Kier molecular flexibility index (Phi) is 9.18. The van der Waals surface area contributed by atoms with Gasteiger partial charge in [-0.15, -0.1) is 0 Å². The summed E-state index contributed by atoms with van der Waals surface area (Å²) >= 11 is 0. The molecule has 0 aliphatic heterocycles. The summed E-state index contributed by atoms with van der Waals surface area (Å²) in [6, 6.07) is 19.0. The Bertz CT molecular complexity index is 599. The van der Waals surface area contributed by atoms with Gasteiger partial charge in [0.05, 0.1) is 0 Å². The molecule has 0 saturated heterocycles. The molecule has 0 heterocycles. The van der Waals surface area contributed by atoms with E-state index in [-0.39, 0.29) is 0 Å². The van der Waals surface area contributed by atoms with Crippen molar-refractivity contribution in [1.29, 1.82) is 0 Å². The molecule has 0 fully saturated rings. The van der Waals surface area contributed by atoms with Gasteiger partial charge in [0, 0.05) is 12.6 Å². The highest BCUT2D eigenvalue weighted by Gasteiger charge is 2.06. The van der Waals surface area contributed by atoms with Gasteiger partial charge in [-0.3, -0.25) is 0 Å². The van der Waals surface area contributed by atoms with Crippen molar-refractivity contribution in [3.63, 3.8) is 0 Å². The minimum atomic E-state index is -0.495. The second-order valence-electron chi connectivity index (χ2n) is 6.91. The van der Waals surface area contributed by atoms with Gasteiger partial charge in [-0.05, 0) is 49.2 Å². The molecule has 0 bridgehead atoms. The smallest absolute Gasteiger partial charge is 0.119 e. The number of aliphatic hydroxyl groups excluding tert-OH is 1. The zero-order valence-corrected chi connectivity index (χ0v) is 15.9. The molecule has 4 nitrogen and oxygen atoms in total. The molecule has 0 aliphatic rings. The first kappa shape index (κ1) is 20.4. The lowest BCUT2D eigenvalue weighted by Gasteiger charge is -2.15. The van der Waals surface area contributed by atoms with Crippen LogP contribution in [0.15, 0.2) is 54.6 Å². The van der Waals surface area contributed by atoms with Gasteiger partial charge in [0.2, 0.25) is 0 Å². The standard InChI is InChI=1S/C22H32N2O2/c1-18(2)24-16-21(25)17-26-22-10-8-20(9-11-22)13-15-23-14-12-19-6-4-3-5-7-19/h3-11,18,21,23-25H,12-17H2,1-2H3. The van der Waals surface area contributed by atoms with Crippen LogP contribution < -0.4 is 15.4 Å². The van der Waals surface area contributed by atoms with Crippen LogP contribution in [0.2, 0.25) is 0 Å². The van der Waals surface area contributed by atoms with Crippen molar-refractivity contribution < 1.29 is 9.84 Å². The molecule has 0 amide bonds. The molecule has 0 saturated carbocycles. The monoisotopic (exact) mass is 356 g/mol. The van der Waals surface area contributed by atoms with Crippen molar-refractivity contribution in [2.45, 2.75) is 38.8 Å². The number of hydrogen-bond acceptors (Lipinski definition) is 4. The van der Waals surface area contributed by atoms with Crippen LogP contribution >= 0.6 is 0 Å². The first-order valence-corrected chi connectivity index (χ1v) is 9.51. The van der Waals surface area contributed by atoms with Crippen molar-refractivity contribution in [2.75, 3.05) is 26.2 Å². The van der Waals surface area contributed by atoms with Crippen LogP contribution in [0.4, 0.5) is 0 Å². The summed E-state index contributed by atoms with van der Waals surface area (Å²) in [6.07, 6.45) is 1.56. The lowest BCUT2D eigenvalue weighted by atomic mass is 10.1. The summed E-state index contributed by atoms with van der Waals surface area (Å²) in [7, 11) is 0. The van der Waals surface area contributed by atoms with E-state index in [1.165, 1.54) is 11.1 Å². The number of rotatable bonds is 12. The maximum absolute atomic E-state index is 9.87. The molecule has 1 atom stereocenters. The maximum atomic E-state index is 9.87. The first-order valence-electron chi connectivity index (χ1n) is 9.51. The van der Waals surface area contributed by atoms with Gasteiger partial charge in [0.15, 0.2) is 0 Å². The van der Waals surface area contributed by atoms with Gasteiger partial charge < -0.3 is 20.5 Å². The Morgan fingerprint density at radius 1 is 0.885 bits per heavy atom. The van der Waals surface area contributed by atoms with E-state index < -0.39 is 6.10 Å². The van der Waals surface area contributed by atoms with Crippen LogP contribution in [-0.2, 0) is 12.8 Å². The average molecular weight is 357 g/mol. The molecule has 0 aromatic heterocycles. The Labute approximate surface area is 157 Å². The lowest BCUT2D eigenvalue weighted by Crippen LogP contribution is -2.35. The van der Waals surface area contributed by atoms with E-state index in [0.717, 1.165) is 31.7 Å². The number of ether oxygens (including phenoxy) is 1. The van der Waals surface area contributed by atoms with Gasteiger partial charge in [-0.25, -0.2) is 0 Å². The predicted molar refractivity (Wildman–Crippen MR) is 108 cm³/mol. The topological polar surface area (TPSA) is 53.5 Å². The number of nitrogens with one attached hydrogen (secondary N) is 2. The highest BCUT2D eigenvalue weighted by molar-refractivity contribution is 5.27. The van der Waals surface area contributed by atoms with Crippen molar-refractivity contribution in [3.8, 4) is 5.75 Å². The fourth-order valence-corrected chi connectivity index (χ4v) is 2.61. The van der Waals surface area contributed by atoms with Gasteiger partial charge in [-0.2, -0.15) is 0 Å². The molecule has 0 radical (unpaired) electrons. The Morgan fingerprint density at radius 2 is 1.50 bits per heavy atom. The summed E-state index contributed by atoms with van der Waals surface area (Å²) in [5.74, 6) is 0.800. The van der Waals surface area contributed by atoms with Crippen LogP contribution in [0.25, 0.3) is 0 Å². The Hall–Kier alpha value is -1.88. The predicted octanol–water partition coefficient (Wildman–Crippen LogP) is 2.80. The minimum Gasteiger partial charge on any atom is -0.491 e. The molecule has 4 heteroatoms. The van der Waals surface area contributed by atoms with Crippen molar-refractivity contribution in [1.82, 2.24) is 10.6 Å². The maximum Gasteiger partial charge on any atom is 0.119 e. The second-order valence-corrected chi connectivity index (χ2v) is 6.91. The van der Waals surface area contributed by atoms with E-state index in [4.69, 9.17) is 4.74 Å². The molecule has 142 valence electrons. The largest absolute Gasteiger partial charge is 0.491 e. The summed E-state index contributed by atoms with van der Waals surface area (Å²) in [6.45, 7) is 6.93. The van der Waals surface area contributed by atoms with E-state index in [9.17, 15) is 5.11 Å². The van der Waals surface area contributed by atoms with E-state index in [2.05, 4.69) is 60.9 Å². The van der Waals surface area contributed by atoms with E-state index in [1.807, 2.05) is 18.2 Å². The number of hydrogen-bond donors (Lipinski definition) is 3. The normalized spacial score (nSPS) is 12.3. The highest BCUT2D eigenvalue weighted by atomic mass is 16.5. The quantitative estimate of drug-likeness (QED) is 0.512. The SMILES string of the molecule is CC(C)NCC(O)COc1ccc(CCNCCc2ccccc2)cc1. The third kappa shape index (κ3) is 8.48. The van der Waals surface area contributed by atoms with Gasteiger partial charge in [0.1, 0.15) is 18.5 Å². The van der Waals surface area contributed by atoms with E-state index in [1.54, 1.807) is 0 Å². The molecule has 0 aliphatic carbocycles. The molecule has 0 spiro atoms. The molecule has 3 N–H and O–H groups in total. The molecular formula is C22H32N2O2. The first-order chi connectivity index (χ1) is 12.6. The summed E-state index contributed by atoms with van der Waals surface area (Å²) in [5, 5.41) is 16.6. The fourth-order valence-electron chi connectivity index (χ4n) is 2.61.